The van der Waals surface area contributed by atoms with Crippen molar-refractivity contribution in [3.8, 4) is 0 Å². The number of nitro groups is 2. The molecule has 0 amide bonds. The Bertz CT molecular complexity index is 2100. The molecule has 1 N–H and O–H groups in total. The van der Waals surface area contributed by atoms with Gasteiger partial charge in [-0.25, -0.2) is 8.42 Å². The van der Waals surface area contributed by atoms with Crippen LogP contribution in [0.1, 0.15) is 29.9 Å². The first-order chi connectivity index (χ1) is 22.7. The molecule has 12 nitrogen and oxygen atoms in total. The fraction of sp³-hybridized carbons (Fsp3) is 0.152. The number of hydrogen-bond donors (Lipinski definition) is 1. The molecular weight excluding hydrogens is 641 g/mol. The maximum atomic E-state index is 13.8. The fourth-order valence-corrected chi connectivity index (χ4v) is 8.18. The molecular formula is C33H28N6O6S2. The monoisotopic (exact) mass is 668 g/mol. The fourth-order valence-electron chi connectivity index (χ4n) is 5.52. The molecule has 0 atom stereocenters. The highest BCUT2D eigenvalue weighted by molar-refractivity contribution is 7.99. The number of non-ortho nitro benzene ring substituents is 1. The quantitative estimate of drug-likeness (QED) is 0.0920. The maximum absolute atomic E-state index is 13.8. The third kappa shape index (κ3) is 6.99. The van der Waals surface area contributed by atoms with Crippen molar-refractivity contribution in [2.45, 2.75) is 33.4 Å². The first-order valence-electron chi connectivity index (χ1n) is 14.6. The predicted molar refractivity (Wildman–Crippen MR) is 180 cm³/mol. The van der Waals surface area contributed by atoms with E-state index in [1.54, 1.807) is 18.3 Å². The van der Waals surface area contributed by atoms with E-state index in [4.69, 9.17) is 0 Å². The van der Waals surface area contributed by atoms with Crippen molar-refractivity contribution < 1.29 is 18.3 Å². The van der Waals surface area contributed by atoms with E-state index >= 15 is 0 Å². The Morgan fingerprint density at radius 2 is 1.64 bits per heavy atom. The molecule has 1 aliphatic heterocycles. The van der Waals surface area contributed by atoms with Gasteiger partial charge in [0.1, 0.15) is 4.90 Å². The van der Waals surface area contributed by atoms with Crippen LogP contribution in [0, 0.1) is 20.2 Å². The van der Waals surface area contributed by atoms with Gasteiger partial charge in [-0.15, -0.1) is 0 Å². The summed E-state index contributed by atoms with van der Waals surface area (Å²) in [6.07, 6.45) is 4.22. The van der Waals surface area contributed by atoms with E-state index in [0.29, 0.717) is 23.3 Å². The first-order valence-corrected chi connectivity index (χ1v) is 16.9. The maximum Gasteiger partial charge on any atom is 0.283 e. The highest BCUT2D eigenvalue weighted by Crippen LogP contribution is 2.38. The van der Waals surface area contributed by atoms with Gasteiger partial charge in [-0.05, 0) is 48.6 Å². The molecule has 0 unspecified atom stereocenters. The Hall–Kier alpha value is -5.18. The number of rotatable bonds is 10. The zero-order valence-corrected chi connectivity index (χ0v) is 26.4. The molecule has 238 valence electrons. The van der Waals surface area contributed by atoms with Crippen LogP contribution in [0.4, 0.5) is 17.1 Å². The second-order valence-corrected chi connectivity index (χ2v) is 13.8. The molecule has 0 aliphatic carbocycles. The van der Waals surface area contributed by atoms with Crippen LogP contribution in [0.3, 0.4) is 0 Å². The van der Waals surface area contributed by atoms with E-state index in [2.05, 4.69) is 15.5 Å². The number of hydrogen-bond acceptors (Lipinski definition) is 10. The van der Waals surface area contributed by atoms with Crippen LogP contribution in [0.2, 0.25) is 0 Å². The van der Waals surface area contributed by atoms with Gasteiger partial charge in [-0.1, -0.05) is 66.4 Å². The molecule has 4 aromatic carbocycles. The average molecular weight is 669 g/mol. The molecule has 1 aliphatic rings. The number of hydrazone groups is 1. The SMILES string of the molecule is O=[N+]([O-])c1ccc(N/N=C\c2ccc(Sc3cccc4cccnc34)c([N+](=O)[O-])c2)c(S(=O)(=O)N2CCC(c3ccccc3)CC2)c1. The van der Waals surface area contributed by atoms with Gasteiger partial charge in [0.05, 0.1) is 32.2 Å². The van der Waals surface area contributed by atoms with E-state index in [0.717, 1.165) is 27.4 Å². The topological polar surface area (TPSA) is 161 Å². The average Bonchev–Trinajstić information content (AvgIpc) is 3.09. The molecule has 14 heteroatoms. The molecule has 1 saturated heterocycles. The van der Waals surface area contributed by atoms with Crippen molar-refractivity contribution in [3.05, 3.63) is 135 Å². The normalized spacial score (nSPS) is 14.4. The number of fused-ring (bicyclic) bond motifs is 1. The minimum atomic E-state index is -4.12. The van der Waals surface area contributed by atoms with Crippen LogP contribution in [-0.4, -0.2) is 46.9 Å². The number of pyridine rings is 1. The van der Waals surface area contributed by atoms with Crippen molar-refractivity contribution in [3.63, 3.8) is 0 Å². The Labute approximate surface area is 274 Å². The number of sulfonamides is 1. The Morgan fingerprint density at radius 3 is 2.38 bits per heavy atom. The zero-order chi connectivity index (χ0) is 33.0. The smallest absolute Gasteiger partial charge is 0.277 e. The van der Waals surface area contributed by atoms with Crippen molar-refractivity contribution in [1.82, 2.24) is 9.29 Å². The van der Waals surface area contributed by atoms with Gasteiger partial charge in [-0.2, -0.15) is 9.41 Å². The number of aromatic nitrogens is 1. The highest BCUT2D eigenvalue weighted by atomic mass is 32.2. The van der Waals surface area contributed by atoms with Crippen molar-refractivity contribution >= 4 is 56.0 Å². The van der Waals surface area contributed by atoms with Crippen LogP contribution < -0.4 is 5.43 Å². The third-order valence-corrected chi connectivity index (χ3v) is 11.0. The lowest BCUT2D eigenvalue weighted by Crippen LogP contribution is -2.38. The van der Waals surface area contributed by atoms with Crippen LogP contribution in [0.5, 0.6) is 0 Å². The van der Waals surface area contributed by atoms with Crippen molar-refractivity contribution in [1.29, 1.82) is 0 Å². The summed E-state index contributed by atoms with van der Waals surface area (Å²) in [5, 5.41) is 28.6. The van der Waals surface area contributed by atoms with Gasteiger partial charge in [0, 0.05) is 53.3 Å². The number of nitrogens with zero attached hydrogens (tertiary/aromatic N) is 5. The largest absolute Gasteiger partial charge is 0.283 e. The summed E-state index contributed by atoms with van der Waals surface area (Å²) in [6.45, 7) is 0.520. The van der Waals surface area contributed by atoms with Crippen molar-refractivity contribution in [2.24, 2.45) is 5.10 Å². The second-order valence-electron chi connectivity index (χ2n) is 10.8. The molecule has 0 saturated carbocycles. The molecule has 2 heterocycles. The molecule has 6 rings (SSSR count). The number of nitrogens with one attached hydrogen (secondary N) is 1. The molecule has 0 spiro atoms. The van der Waals surface area contributed by atoms with Gasteiger partial charge in [0.2, 0.25) is 10.0 Å². The molecule has 5 aromatic rings. The van der Waals surface area contributed by atoms with Crippen LogP contribution >= 0.6 is 11.8 Å². The lowest BCUT2D eigenvalue weighted by Gasteiger charge is -2.31. The van der Waals surface area contributed by atoms with Gasteiger partial charge < -0.3 is 0 Å². The van der Waals surface area contributed by atoms with E-state index in [9.17, 15) is 28.6 Å². The molecule has 0 radical (unpaired) electrons. The standard InChI is InChI=1S/C33H28N6O6S2/c40-38(41)27-12-13-28(32(21-27)47(44,45)37-18-15-25(16-19-37)24-6-2-1-3-7-24)36-35-22-23-11-14-30(29(20-23)39(42)43)46-31-10-4-8-26-9-5-17-34-33(26)31/h1-14,17,20-22,25,36H,15-16,18-19H2/b35-22-. The minimum absolute atomic E-state index is 0.0437. The van der Waals surface area contributed by atoms with Crippen molar-refractivity contribution in [2.75, 3.05) is 18.5 Å². The third-order valence-electron chi connectivity index (χ3n) is 7.91. The van der Waals surface area contributed by atoms with Crippen LogP contribution in [-0.2, 0) is 10.0 Å². The second kappa shape index (κ2) is 13.7. The summed E-state index contributed by atoms with van der Waals surface area (Å²) in [4.78, 5) is 27.8. The van der Waals surface area contributed by atoms with Crippen LogP contribution in [0.15, 0.2) is 123 Å². The van der Waals surface area contributed by atoms with E-state index in [1.807, 2.05) is 60.7 Å². The molecule has 47 heavy (non-hydrogen) atoms. The van der Waals surface area contributed by atoms with Gasteiger partial charge >= 0.3 is 0 Å². The summed E-state index contributed by atoms with van der Waals surface area (Å²) in [5.74, 6) is 0.215. The van der Waals surface area contributed by atoms with E-state index in [1.165, 1.54) is 40.5 Å². The summed E-state index contributed by atoms with van der Waals surface area (Å²) in [7, 11) is -4.12. The number of para-hydroxylation sites is 1. The minimum Gasteiger partial charge on any atom is -0.277 e. The number of anilines is 1. The van der Waals surface area contributed by atoms with Gasteiger partial charge in [-0.3, -0.25) is 30.6 Å². The molecule has 0 bridgehead atoms. The first kappa shape index (κ1) is 31.8. The summed E-state index contributed by atoms with van der Waals surface area (Å²) < 4.78 is 28.9. The van der Waals surface area contributed by atoms with E-state index in [-0.39, 0.29) is 41.0 Å². The summed E-state index contributed by atoms with van der Waals surface area (Å²) in [6, 6.07) is 27.4. The lowest BCUT2D eigenvalue weighted by atomic mass is 9.90. The Morgan fingerprint density at radius 1 is 0.872 bits per heavy atom. The number of piperidine rings is 1. The zero-order valence-electron chi connectivity index (χ0n) is 24.8. The van der Waals surface area contributed by atoms with Crippen LogP contribution in [0.25, 0.3) is 10.9 Å². The Kier molecular flexibility index (Phi) is 9.24. The number of nitro benzene ring substituents is 2. The van der Waals surface area contributed by atoms with E-state index < -0.39 is 19.9 Å². The van der Waals surface area contributed by atoms with Gasteiger partial charge in [0.15, 0.2) is 0 Å². The lowest BCUT2D eigenvalue weighted by molar-refractivity contribution is -0.387. The van der Waals surface area contributed by atoms with Gasteiger partial charge in [0.25, 0.3) is 11.4 Å². The highest BCUT2D eigenvalue weighted by Gasteiger charge is 2.33. The molecule has 1 fully saturated rings. The predicted octanol–water partition coefficient (Wildman–Crippen LogP) is 7.22. The Balaban J connectivity index is 1.22. The molecule has 1 aromatic heterocycles. The summed E-state index contributed by atoms with van der Waals surface area (Å²) in [5.41, 5.74) is 4.49. The summed E-state index contributed by atoms with van der Waals surface area (Å²) >= 11 is 1.23. The number of benzene rings is 4.